The van der Waals surface area contributed by atoms with Crippen molar-refractivity contribution in [3.8, 4) is 22.4 Å². The number of hydrogen-bond acceptors (Lipinski definition) is 5. The summed E-state index contributed by atoms with van der Waals surface area (Å²) in [4.78, 5) is 24.8. The molecule has 5 aromatic rings. The zero-order valence-electron chi connectivity index (χ0n) is 18.2. The van der Waals surface area contributed by atoms with E-state index >= 15 is 0 Å². The minimum absolute atomic E-state index is 0.186. The number of carbonyl (C=O) groups is 1. The lowest BCUT2D eigenvalue weighted by atomic mass is 9.81. The van der Waals surface area contributed by atoms with Crippen molar-refractivity contribution in [1.82, 2.24) is 39.7 Å². The molecule has 5 aromatic heterocycles. The molecule has 0 spiro atoms. The number of aryl methyl sites for hydroxylation is 1. The van der Waals surface area contributed by atoms with Crippen LogP contribution in [0.3, 0.4) is 0 Å². The van der Waals surface area contributed by atoms with Crippen LogP contribution in [0.2, 0.25) is 0 Å². The number of hydrogen-bond donors (Lipinski definition) is 2. The second-order valence-electron chi connectivity index (χ2n) is 8.69. The van der Waals surface area contributed by atoms with Crippen LogP contribution in [0.5, 0.6) is 0 Å². The Balaban J connectivity index is 1.36. The summed E-state index contributed by atoms with van der Waals surface area (Å²) in [6.07, 6.45) is 9.90. The van der Waals surface area contributed by atoms with Gasteiger partial charge in [0, 0.05) is 56.2 Å². The predicted octanol–water partition coefficient (Wildman–Crippen LogP) is 3.45. The van der Waals surface area contributed by atoms with Gasteiger partial charge in [0.15, 0.2) is 0 Å². The Morgan fingerprint density at radius 3 is 2.85 bits per heavy atom. The van der Waals surface area contributed by atoms with Gasteiger partial charge >= 0.3 is 0 Å². The molecule has 0 aliphatic heterocycles. The number of fused-ring (bicyclic) bond motifs is 2. The molecule has 5 heterocycles. The molecule has 0 atom stereocenters. The van der Waals surface area contributed by atoms with Gasteiger partial charge in [-0.25, -0.2) is 23.3 Å². The van der Waals surface area contributed by atoms with Gasteiger partial charge in [-0.05, 0) is 23.6 Å². The topological polar surface area (TPSA) is 106 Å². The summed E-state index contributed by atoms with van der Waals surface area (Å²) in [5, 5.41) is 12.1. The molecule has 1 aliphatic carbocycles. The number of nitrogens with one attached hydrogen (secondary N) is 2. The van der Waals surface area contributed by atoms with E-state index in [2.05, 4.69) is 30.5 Å². The van der Waals surface area contributed by atoms with Crippen molar-refractivity contribution in [3.63, 3.8) is 0 Å². The number of carbonyl (C=O) groups excluding carboxylic acids is 1. The van der Waals surface area contributed by atoms with E-state index in [1.54, 1.807) is 21.6 Å². The van der Waals surface area contributed by atoms with E-state index in [4.69, 9.17) is 0 Å². The summed E-state index contributed by atoms with van der Waals surface area (Å²) >= 11 is 0. The first kappa shape index (κ1) is 20.5. The van der Waals surface area contributed by atoms with Crippen LogP contribution in [0.1, 0.15) is 23.2 Å². The molecule has 172 valence electrons. The zero-order valence-corrected chi connectivity index (χ0v) is 18.2. The lowest BCUT2D eigenvalue weighted by Crippen LogP contribution is -2.42. The molecule has 1 aliphatic rings. The van der Waals surface area contributed by atoms with Gasteiger partial charge in [-0.1, -0.05) is 0 Å². The van der Waals surface area contributed by atoms with E-state index in [0.29, 0.717) is 16.7 Å². The summed E-state index contributed by atoms with van der Waals surface area (Å²) in [6.45, 7) is 0.222. The second-order valence-corrected chi connectivity index (χ2v) is 8.69. The van der Waals surface area contributed by atoms with E-state index in [0.717, 1.165) is 27.8 Å². The van der Waals surface area contributed by atoms with Crippen LogP contribution in [0.4, 0.5) is 8.78 Å². The Kier molecular flexibility index (Phi) is 4.48. The summed E-state index contributed by atoms with van der Waals surface area (Å²) in [5.41, 5.74) is 5.03. The Morgan fingerprint density at radius 2 is 2.09 bits per heavy atom. The maximum Gasteiger partial charge on any atom is 0.255 e. The fourth-order valence-electron chi connectivity index (χ4n) is 4.54. The average Bonchev–Trinajstić information content (AvgIpc) is 3.53. The SMILES string of the molecule is Cn1cc(-c2ncnc3[nH]cc(-c4ccn5ncc(C(=O)NCC6CC(F)(F)C6)c5c4)c23)cn1. The average molecular weight is 462 g/mol. The van der Waals surface area contributed by atoms with Crippen LogP contribution in [-0.2, 0) is 7.05 Å². The van der Waals surface area contributed by atoms with Crippen LogP contribution in [-0.4, -0.2) is 52.7 Å². The number of rotatable bonds is 5. The molecular formula is C23H20F2N8O. The van der Waals surface area contributed by atoms with Crippen LogP contribution >= 0.6 is 0 Å². The van der Waals surface area contributed by atoms with Gasteiger partial charge < -0.3 is 10.3 Å². The van der Waals surface area contributed by atoms with Gasteiger partial charge in [-0.2, -0.15) is 10.2 Å². The maximum atomic E-state index is 13.1. The van der Waals surface area contributed by atoms with Crippen molar-refractivity contribution in [2.45, 2.75) is 18.8 Å². The fraction of sp³-hybridized carbons (Fsp3) is 0.261. The quantitative estimate of drug-likeness (QED) is 0.416. The highest BCUT2D eigenvalue weighted by Gasteiger charge is 2.45. The monoisotopic (exact) mass is 462 g/mol. The van der Waals surface area contributed by atoms with Gasteiger partial charge in [0.25, 0.3) is 5.91 Å². The summed E-state index contributed by atoms with van der Waals surface area (Å²) in [6, 6.07) is 3.78. The highest BCUT2D eigenvalue weighted by atomic mass is 19.3. The van der Waals surface area contributed by atoms with Crippen molar-refractivity contribution >= 4 is 22.5 Å². The van der Waals surface area contributed by atoms with Crippen LogP contribution in [0.25, 0.3) is 38.9 Å². The van der Waals surface area contributed by atoms with Crippen molar-refractivity contribution in [2.24, 2.45) is 13.0 Å². The largest absolute Gasteiger partial charge is 0.352 e. The summed E-state index contributed by atoms with van der Waals surface area (Å²) in [5.74, 6) is -3.14. The summed E-state index contributed by atoms with van der Waals surface area (Å²) < 4.78 is 29.5. The van der Waals surface area contributed by atoms with Gasteiger partial charge in [0.05, 0.1) is 34.6 Å². The first-order valence-electron chi connectivity index (χ1n) is 10.8. The highest BCUT2D eigenvalue weighted by molar-refractivity contribution is 6.04. The Bertz CT molecular complexity index is 1540. The van der Waals surface area contributed by atoms with Crippen LogP contribution < -0.4 is 5.32 Å². The molecule has 0 bridgehead atoms. The van der Waals surface area contributed by atoms with Crippen molar-refractivity contribution in [1.29, 1.82) is 0 Å². The number of nitrogens with zero attached hydrogens (tertiary/aromatic N) is 6. The normalized spacial score (nSPS) is 15.6. The van der Waals surface area contributed by atoms with Crippen LogP contribution in [0.15, 0.2) is 49.4 Å². The Labute approximate surface area is 191 Å². The lowest BCUT2D eigenvalue weighted by Gasteiger charge is -2.34. The smallest absolute Gasteiger partial charge is 0.255 e. The van der Waals surface area contributed by atoms with Crippen LogP contribution in [0, 0.1) is 5.92 Å². The number of alkyl halides is 2. The third kappa shape index (κ3) is 3.40. The minimum Gasteiger partial charge on any atom is -0.352 e. The molecule has 0 aromatic carbocycles. The van der Waals surface area contributed by atoms with Gasteiger partial charge in [-0.15, -0.1) is 0 Å². The number of H-pyrrole nitrogens is 1. The molecule has 9 nitrogen and oxygen atoms in total. The van der Waals surface area contributed by atoms with E-state index in [9.17, 15) is 13.6 Å². The summed E-state index contributed by atoms with van der Waals surface area (Å²) in [7, 11) is 1.84. The van der Waals surface area contributed by atoms with Gasteiger partial charge in [0.2, 0.25) is 5.92 Å². The Hall–Kier alpha value is -4.15. The van der Waals surface area contributed by atoms with Crippen molar-refractivity contribution < 1.29 is 13.6 Å². The number of aromatic nitrogens is 7. The lowest BCUT2D eigenvalue weighted by molar-refractivity contribution is -0.108. The molecule has 1 saturated carbocycles. The van der Waals surface area contributed by atoms with E-state index in [-0.39, 0.29) is 31.2 Å². The standard InChI is InChI=1S/C23H20F2N8O/c1-32-11-15(8-30-32)20-19-16(9-26-21(19)29-12-28-20)14-2-3-33-18(4-14)17(10-31-33)22(34)27-7-13-5-23(24,25)6-13/h2-4,8-13H,5-7H2,1H3,(H,27,34)(H,26,28,29). The molecule has 0 saturated heterocycles. The Morgan fingerprint density at radius 1 is 1.24 bits per heavy atom. The zero-order chi connectivity index (χ0) is 23.4. The molecule has 1 amide bonds. The third-order valence-corrected chi connectivity index (χ3v) is 6.25. The number of amides is 1. The predicted molar refractivity (Wildman–Crippen MR) is 120 cm³/mol. The molecule has 6 rings (SSSR count). The van der Waals surface area contributed by atoms with E-state index < -0.39 is 5.92 Å². The number of pyridine rings is 1. The van der Waals surface area contributed by atoms with E-state index in [1.165, 1.54) is 12.5 Å². The van der Waals surface area contributed by atoms with Crippen molar-refractivity contribution in [2.75, 3.05) is 6.54 Å². The molecule has 2 N–H and O–H groups in total. The molecule has 0 unspecified atom stereocenters. The van der Waals surface area contributed by atoms with Crippen molar-refractivity contribution in [3.05, 3.63) is 55.0 Å². The number of halogens is 2. The molecule has 1 fully saturated rings. The second kappa shape index (κ2) is 7.44. The third-order valence-electron chi connectivity index (χ3n) is 6.25. The molecule has 0 radical (unpaired) electrons. The maximum absolute atomic E-state index is 13.1. The number of aromatic amines is 1. The molecule has 11 heteroatoms. The van der Waals surface area contributed by atoms with E-state index in [1.807, 2.05) is 31.6 Å². The molecule has 34 heavy (non-hydrogen) atoms. The van der Waals surface area contributed by atoms with Gasteiger partial charge in [0.1, 0.15) is 12.0 Å². The molecular weight excluding hydrogens is 442 g/mol. The van der Waals surface area contributed by atoms with Gasteiger partial charge in [-0.3, -0.25) is 9.48 Å². The fourth-order valence-corrected chi connectivity index (χ4v) is 4.54. The minimum atomic E-state index is -2.60. The first-order chi connectivity index (χ1) is 16.4. The first-order valence-corrected chi connectivity index (χ1v) is 10.8. The highest BCUT2D eigenvalue weighted by Crippen LogP contribution is 2.42.